The van der Waals surface area contributed by atoms with Crippen LogP contribution < -0.4 is 5.73 Å². The largest absolute Gasteiger partial charge is 0.462 e. The molecule has 1 unspecified atom stereocenters. The van der Waals surface area contributed by atoms with Gasteiger partial charge in [0.05, 0.1) is 12.2 Å². The summed E-state index contributed by atoms with van der Waals surface area (Å²) in [7, 11) is 0. The molecule has 92 valence electrons. The maximum atomic E-state index is 11.6. The first-order valence-electron chi connectivity index (χ1n) is 6.25. The summed E-state index contributed by atoms with van der Waals surface area (Å²) < 4.78 is 5.01. The molecule has 17 heavy (non-hydrogen) atoms. The molecule has 0 bridgehead atoms. The molecule has 3 nitrogen and oxygen atoms in total. The molecule has 1 atom stereocenters. The third kappa shape index (κ3) is 2.86. The monoisotopic (exact) mass is 233 g/mol. The van der Waals surface area contributed by atoms with Crippen molar-refractivity contribution < 1.29 is 9.53 Å². The van der Waals surface area contributed by atoms with Gasteiger partial charge in [-0.3, -0.25) is 0 Å². The van der Waals surface area contributed by atoms with E-state index in [4.69, 9.17) is 10.5 Å². The number of rotatable bonds is 2. The minimum absolute atomic E-state index is 0.216. The number of hydrogen-bond donors (Lipinski definition) is 1. The van der Waals surface area contributed by atoms with Gasteiger partial charge in [0.25, 0.3) is 0 Å². The molecule has 1 aliphatic carbocycles. The van der Waals surface area contributed by atoms with Crippen LogP contribution in [0.2, 0.25) is 0 Å². The van der Waals surface area contributed by atoms with E-state index in [1.165, 1.54) is 11.1 Å². The molecule has 0 saturated heterocycles. The second-order valence-corrected chi connectivity index (χ2v) is 4.56. The van der Waals surface area contributed by atoms with Crippen molar-refractivity contribution in [1.82, 2.24) is 0 Å². The van der Waals surface area contributed by atoms with Crippen LogP contribution in [-0.2, 0) is 17.6 Å². The van der Waals surface area contributed by atoms with Crippen molar-refractivity contribution in [3.63, 3.8) is 0 Å². The van der Waals surface area contributed by atoms with Crippen LogP contribution in [0.4, 0.5) is 0 Å². The topological polar surface area (TPSA) is 52.3 Å². The molecule has 0 saturated carbocycles. The second-order valence-electron chi connectivity index (χ2n) is 4.56. The molecule has 0 aromatic heterocycles. The summed E-state index contributed by atoms with van der Waals surface area (Å²) in [6.07, 6.45) is 4.12. The summed E-state index contributed by atoms with van der Waals surface area (Å²) in [4.78, 5) is 11.6. The first-order chi connectivity index (χ1) is 8.20. The molecule has 2 N–H and O–H groups in total. The van der Waals surface area contributed by atoms with Crippen molar-refractivity contribution in [2.75, 3.05) is 6.61 Å². The Morgan fingerprint density at radius 3 is 3.06 bits per heavy atom. The lowest BCUT2D eigenvalue weighted by Gasteiger charge is -2.10. The summed E-state index contributed by atoms with van der Waals surface area (Å²) in [5.41, 5.74) is 9.19. The van der Waals surface area contributed by atoms with Crippen molar-refractivity contribution in [2.24, 2.45) is 5.73 Å². The van der Waals surface area contributed by atoms with E-state index in [1.807, 2.05) is 25.1 Å². The van der Waals surface area contributed by atoms with Gasteiger partial charge in [0.15, 0.2) is 0 Å². The van der Waals surface area contributed by atoms with Gasteiger partial charge in [-0.2, -0.15) is 0 Å². The van der Waals surface area contributed by atoms with E-state index in [1.54, 1.807) is 0 Å². The Labute approximate surface area is 102 Å². The Morgan fingerprint density at radius 1 is 1.47 bits per heavy atom. The van der Waals surface area contributed by atoms with E-state index in [9.17, 15) is 4.79 Å². The van der Waals surface area contributed by atoms with Crippen LogP contribution in [0.25, 0.3) is 0 Å². The van der Waals surface area contributed by atoms with Crippen LogP contribution in [0.1, 0.15) is 41.3 Å². The molecule has 0 radical (unpaired) electrons. The minimum Gasteiger partial charge on any atom is -0.462 e. The number of ether oxygens (including phenoxy) is 1. The summed E-state index contributed by atoms with van der Waals surface area (Å²) >= 11 is 0. The highest BCUT2D eigenvalue weighted by Crippen LogP contribution is 2.21. The van der Waals surface area contributed by atoms with Crippen molar-refractivity contribution in [3.8, 4) is 0 Å². The zero-order chi connectivity index (χ0) is 12.3. The number of nitrogens with two attached hydrogens (primary N) is 1. The average molecular weight is 233 g/mol. The van der Waals surface area contributed by atoms with Crippen LogP contribution in [0.15, 0.2) is 18.2 Å². The minimum atomic E-state index is -0.242. The fourth-order valence-electron chi connectivity index (χ4n) is 2.34. The highest BCUT2D eigenvalue weighted by Gasteiger charge is 2.16. The Kier molecular flexibility index (Phi) is 3.79. The zero-order valence-corrected chi connectivity index (χ0v) is 10.2. The molecular weight excluding hydrogens is 214 g/mol. The van der Waals surface area contributed by atoms with Crippen LogP contribution in [0, 0.1) is 0 Å². The maximum absolute atomic E-state index is 11.6. The highest BCUT2D eigenvalue weighted by atomic mass is 16.5. The normalized spacial score (nSPS) is 19.3. The highest BCUT2D eigenvalue weighted by molar-refractivity contribution is 5.89. The number of hydrogen-bond acceptors (Lipinski definition) is 3. The summed E-state index contributed by atoms with van der Waals surface area (Å²) in [6.45, 7) is 2.23. The van der Waals surface area contributed by atoms with Crippen LogP contribution in [0.3, 0.4) is 0 Å². The number of carbonyl (C=O) groups is 1. The van der Waals surface area contributed by atoms with Gasteiger partial charge in [-0.25, -0.2) is 4.79 Å². The molecular formula is C14H19NO2. The van der Waals surface area contributed by atoms with E-state index in [0.29, 0.717) is 12.2 Å². The first-order valence-corrected chi connectivity index (χ1v) is 6.25. The predicted octanol–water partition coefficient (Wildman–Crippen LogP) is 2.07. The summed E-state index contributed by atoms with van der Waals surface area (Å²) in [5, 5.41) is 0. The van der Waals surface area contributed by atoms with Gasteiger partial charge in [-0.15, -0.1) is 0 Å². The van der Waals surface area contributed by atoms with Crippen molar-refractivity contribution in [2.45, 2.75) is 38.6 Å². The van der Waals surface area contributed by atoms with Crippen molar-refractivity contribution >= 4 is 5.97 Å². The second kappa shape index (κ2) is 5.32. The quantitative estimate of drug-likeness (QED) is 0.628. The molecule has 0 heterocycles. The fraction of sp³-hybridized carbons (Fsp3) is 0.500. The smallest absolute Gasteiger partial charge is 0.338 e. The molecule has 2 rings (SSSR count). The number of aryl methyl sites for hydroxylation is 1. The fourth-order valence-corrected chi connectivity index (χ4v) is 2.34. The molecule has 0 spiro atoms. The lowest BCUT2D eigenvalue weighted by atomic mass is 9.99. The van der Waals surface area contributed by atoms with E-state index < -0.39 is 0 Å². The molecule has 3 heteroatoms. The van der Waals surface area contributed by atoms with Crippen LogP contribution >= 0.6 is 0 Å². The lowest BCUT2D eigenvalue weighted by molar-refractivity contribution is 0.0526. The molecule has 1 aromatic rings. The van der Waals surface area contributed by atoms with Gasteiger partial charge in [-0.1, -0.05) is 6.07 Å². The van der Waals surface area contributed by atoms with Crippen molar-refractivity contribution in [1.29, 1.82) is 0 Å². The third-order valence-corrected chi connectivity index (χ3v) is 3.22. The summed E-state index contributed by atoms with van der Waals surface area (Å²) in [5.74, 6) is -0.242. The molecule has 0 amide bonds. The molecule has 0 aliphatic heterocycles. The van der Waals surface area contributed by atoms with E-state index in [-0.39, 0.29) is 12.0 Å². The number of carbonyl (C=O) groups excluding carboxylic acids is 1. The SMILES string of the molecule is CCOC(=O)c1ccc2c(c1)CC(N)CCC2. The van der Waals surface area contributed by atoms with Gasteiger partial charge < -0.3 is 10.5 Å². The van der Waals surface area contributed by atoms with E-state index in [0.717, 1.165) is 25.7 Å². The van der Waals surface area contributed by atoms with Crippen LogP contribution in [0.5, 0.6) is 0 Å². The molecule has 1 aliphatic rings. The average Bonchev–Trinajstić information content (AvgIpc) is 2.49. The summed E-state index contributed by atoms with van der Waals surface area (Å²) in [6, 6.07) is 6.06. The predicted molar refractivity (Wildman–Crippen MR) is 67.0 cm³/mol. The first kappa shape index (κ1) is 12.1. The number of esters is 1. The Morgan fingerprint density at radius 2 is 2.29 bits per heavy atom. The number of fused-ring (bicyclic) bond motifs is 1. The van der Waals surface area contributed by atoms with Gasteiger partial charge in [-0.05, 0) is 55.9 Å². The van der Waals surface area contributed by atoms with E-state index >= 15 is 0 Å². The zero-order valence-electron chi connectivity index (χ0n) is 10.2. The van der Waals surface area contributed by atoms with Crippen LogP contribution in [-0.4, -0.2) is 18.6 Å². The Balaban J connectivity index is 2.26. The molecule has 0 fully saturated rings. The van der Waals surface area contributed by atoms with Gasteiger partial charge in [0.2, 0.25) is 0 Å². The Bertz CT molecular complexity index is 415. The van der Waals surface area contributed by atoms with Gasteiger partial charge in [0, 0.05) is 6.04 Å². The lowest BCUT2D eigenvalue weighted by Crippen LogP contribution is -2.21. The Hall–Kier alpha value is -1.35. The van der Waals surface area contributed by atoms with Gasteiger partial charge in [0.1, 0.15) is 0 Å². The number of benzene rings is 1. The van der Waals surface area contributed by atoms with E-state index in [2.05, 4.69) is 0 Å². The van der Waals surface area contributed by atoms with Gasteiger partial charge >= 0.3 is 5.97 Å². The standard InChI is InChI=1S/C14H19NO2/c1-2-17-14(16)11-7-6-10-4-3-5-13(15)9-12(10)8-11/h6-8,13H,2-5,9,15H2,1H3. The third-order valence-electron chi connectivity index (χ3n) is 3.22. The van der Waals surface area contributed by atoms with Crippen molar-refractivity contribution in [3.05, 3.63) is 34.9 Å². The maximum Gasteiger partial charge on any atom is 0.338 e. The molecule has 1 aromatic carbocycles.